The van der Waals surface area contributed by atoms with Gasteiger partial charge in [0.05, 0.1) is 18.6 Å². The van der Waals surface area contributed by atoms with Crippen molar-refractivity contribution >= 4 is 21.7 Å². The third kappa shape index (κ3) is 7.81. The van der Waals surface area contributed by atoms with Crippen LogP contribution in [0.2, 0.25) is 0 Å². The number of pyridine rings is 1. The smallest absolute Gasteiger partial charge is 0.413 e. The fraction of sp³-hybridized carbons (Fsp3) is 0.194. The number of carbonyl (C=O) groups is 1. The van der Waals surface area contributed by atoms with E-state index in [1.54, 1.807) is 48.5 Å². The van der Waals surface area contributed by atoms with Crippen LogP contribution in [-0.2, 0) is 15.3 Å². The van der Waals surface area contributed by atoms with Crippen molar-refractivity contribution in [1.29, 1.82) is 0 Å². The number of para-hydroxylation sites is 2. The van der Waals surface area contributed by atoms with E-state index in [-0.39, 0.29) is 46.7 Å². The number of amides is 1. The van der Waals surface area contributed by atoms with E-state index in [1.165, 1.54) is 43.6 Å². The molecule has 0 unspecified atom stereocenters. The van der Waals surface area contributed by atoms with Crippen LogP contribution in [0.5, 0.6) is 23.1 Å². The number of aromatic nitrogens is 7. The number of hydrogen-bond donors (Lipinski definition) is 2. The first kappa shape index (κ1) is 35.4. The largest absolute Gasteiger partial charge is 0.493 e. The van der Waals surface area contributed by atoms with Crippen molar-refractivity contribution in [2.75, 3.05) is 25.2 Å². The molecular weight excluding hydrogens is 689 g/mol. The topological polar surface area (TPSA) is 196 Å². The molecule has 6 aromatic rings. The van der Waals surface area contributed by atoms with Crippen molar-refractivity contribution in [3.05, 3.63) is 103 Å². The van der Waals surface area contributed by atoms with Gasteiger partial charge in [-0.1, -0.05) is 63.2 Å². The van der Waals surface area contributed by atoms with Crippen molar-refractivity contribution in [2.45, 2.75) is 36.1 Å². The molecule has 3 heterocycles. The fourth-order valence-corrected chi connectivity index (χ4v) is 6.40. The van der Waals surface area contributed by atoms with Gasteiger partial charge in [-0.2, -0.15) is 10.2 Å². The first-order valence-electron chi connectivity index (χ1n) is 15.9. The normalized spacial score (nSPS) is 11.5. The number of rotatable bonds is 12. The summed E-state index contributed by atoms with van der Waals surface area (Å²) in [6, 6.07) is 24.7. The van der Waals surface area contributed by atoms with Gasteiger partial charge in [-0.15, -0.1) is 10.2 Å². The number of carboxylic acid groups (broad SMARTS) is 1. The first-order chi connectivity index (χ1) is 24.9. The minimum Gasteiger partial charge on any atom is -0.493 e. The van der Waals surface area contributed by atoms with E-state index < -0.39 is 21.0 Å². The van der Waals surface area contributed by atoms with Crippen LogP contribution in [0.25, 0.3) is 22.8 Å². The lowest BCUT2D eigenvalue weighted by Gasteiger charge is -2.21. The lowest BCUT2D eigenvalue weighted by atomic mass is 9.87. The number of methoxy groups -OCH3 is 1. The maximum atomic E-state index is 14.2. The quantitative estimate of drug-likeness (QED) is 0.145. The summed E-state index contributed by atoms with van der Waals surface area (Å²) in [7, 11) is -2.86. The molecule has 3 aromatic heterocycles. The SMILES string of the molecule is COc1ccccc1Oc1ccc(N(CCOc2ccnc(-c3cccc(-c4nn[nH]n4)c3)n2)C(=O)O)nc1S(=O)(=O)c1ccc(C(C)(C)C)cc1. The lowest BCUT2D eigenvalue weighted by molar-refractivity contribution is 0.199. The van der Waals surface area contributed by atoms with Crippen LogP contribution < -0.4 is 19.1 Å². The zero-order chi connectivity index (χ0) is 36.9. The highest BCUT2D eigenvalue weighted by Crippen LogP contribution is 2.37. The third-order valence-corrected chi connectivity index (χ3v) is 9.51. The molecule has 0 atom stereocenters. The molecule has 15 nitrogen and oxygen atoms in total. The summed E-state index contributed by atoms with van der Waals surface area (Å²) >= 11 is 0. The molecule has 16 heteroatoms. The van der Waals surface area contributed by atoms with Gasteiger partial charge in [-0.05, 0) is 58.7 Å². The van der Waals surface area contributed by atoms with Crippen LogP contribution >= 0.6 is 0 Å². The highest BCUT2D eigenvalue weighted by Gasteiger charge is 2.29. The predicted octanol–water partition coefficient (Wildman–Crippen LogP) is 6.21. The monoisotopic (exact) mass is 722 g/mol. The van der Waals surface area contributed by atoms with Crippen molar-refractivity contribution < 1.29 is 32.5 Å². The number of H-pyrrole nitrogens is 1. The Morgan fingerprint density at radius 1 is 0.865 bits per heavy atom. The number of benzene rings is 3. The minimum absolute atomic E-state index is 0.0392. The third-order valence-electron chi connectivity index (χ3n) is 7.81. The molecule has 0 radical (unpaired) electrons. The summed E-state index contributed by atoms with van der Waals surface area (Å²) in [6.07, 6.45) is 0.134. The zero-order valence-electron chi connectivity index (χ0n) is 28.6. The molecule has 0 bridgehead atoms. The molecule has 0 saturated heterocycles. The Balaban J connectivity index is 1.27. The fourth-order valence-electron chi connectivity index (χ4n) is 5.10. The number of sulfone groups is 1. The Morgan fingerprint density at radius 2 is 1.60 bits per heavy atom. The highest BCUT2D eigenvalue weighted by atomic mass is 32.2. The average Bonchev–Trinajstić information content (AvgIpc) is 3.69. The predicted molar refractivity (Wildman–Crippen MR) is 189 cm³/mol. The zero-order valence-corrected chi connectivity index (χ0v) is 29.4. The first-order valence-corrected chi connectivity index (χ1v) is 17.4. The maximum Gasteiger partial charge on any atom is 0.413 e. The molecule has 1 amide bonds. The molecule has 0 aliphatic rings. The van der Waals surface area contributed by atoms with Crippen LogP contribution in [0.3, 0.4) is 0 Å². The van der Waals surface area contributed by atoms with Gasteiger partial charge >= 0.3 is 6.09 Å². The number of hydrogen-bond acceptors (Lipinski definition) is 12. The Bertz CT molecular complexity index is 2300. The summed E-state index contributed by atoms with van der Waals surface area (Å²) in [5.41, 5.74) is 2.09. The van der Waals surface area contributed by atoms with Gasteiger partial charge in [0, 0.05) is 23.4 Å². The van der Waals surface area contributed by atoms with Gasteiger partial charge in [-0.3, -0.25) is 4.90 Å². The number of nitrogens with zero attached hydrogens (tertiary/aromatic N) is 7. The van der Waals surface area contributed by atoms with Crippen LogP contribution in [0.1, 0.15) is 26.3 Å². The molecule has 52 heavy (non-hydrogen) atoms. The van der Waals surface area contributed by atoms with E-state index in [9.17, 15) is 18.3 Å². The van der Waals surface area contributed by atoms with E-state index in [1.807, 2.05) is 32.9 Å². The minimum atomic E-state index is -4.32. The highest BCUT2D eigenvalue weighted by molar-refractivity contribution is 7.91. The summed E-state index contributed by atoms with van der Waals surface area (Å²) in [4.78, 5) is 26.5. The van der Waals surface area contributed by atoms with Gasteiger partial charge in [-0.25, -0.2) is 23.2 Å². The van der Waals surface area contributed by atoms with Crippen molar-refractivity contribution in [3.8, 4) is 45.9 Å². The van der Waals surface area contributed by atoms with Gasteiger partial charge in [0.1, 0.15) is 12.4 Å². The molecular formula is C36H34N8O7S. The number of nitrogens with one attached hydrogen (secondary N) is 1. The Kier molecular flexibility index (Phi) is 10.1. The standard InChI is InChI=1S/C36H34N8O7S/c1-36(2,3)25-12-14-26(15-13-25)52(47,48)34-29(51-28-11-6-5-10-27(28)49-4)16-17-30(38-34)44(35(45)46)20-21-50-31-18-19-37-32(39-31)23-8-7-9-24(22-23)33-40-42-43-41-33/h5-19,22H,20-21H2,1-4H3,(H,45,46)(H,40,41,42,43). The second-order valence-electron chi connectivity index (χ2n) is 12.3. The Labute approximate surface area is 299 Å². The van der Waals surface area contributed by atoms with Gasteiger partial charge < -0.3 is 19.3 Å². The molecule has 266 valence electrons. The van der Waals surface area contributed by atoms with Gasteiger partial charge in [0.15, 0.2) is 23.1 Å². The lowest BCUT2D eigenvalue weighted by Crippen LogP contribution is -2.34. The summed E-state index contributed by atoms with van der Waals surface area (Å²) < 4.78 is 45.6. The van der Waals surface area contributed by atoms with E-state index in [4.69, 9.17) is 14.2 Å². The van der Waals surface area contributed by atoms with Gasteiger partial charge in [0.2, 0.25) is 26.6 Å². The van der Waals surface area contributed by atoms with E-state index >= 15 is 0 Å². The maximum absolute atomic E-state index is 14.2. The second-order valence-corrected chi connectivity index (χ2v) is 14.2. The number of anilines is 1. The van der Waals surface area contributed by atoms with Crippen LogP contribution in [0, 0.1) is 0 Å². The molecule has 3 aromatic carbocycles. The van der Waals surface area contributed by atoms with Gasteiger partial charge in [0.25, 0.3) is 0 Å². The van der Waals surface area contributed by atoms with Crippen molar-refractivity contribution in [3.63, 3.8) is 0 Å². The molecule has 2 N–H and O–H groups in total. The Hall–Kier alpha value is -6.42. The summed E-state index contributed by atoms with van der Waals surface area (Å²) in [6.45, 7) is 5.69. The second kappa shape index (κ2) is 14.8. The summed E-state index contributed by atoms with van der Waals surface area (Å²) in [5, 5.41) is 23.7. The molecule has 0 aliphatic heterocycles. The Morgan fingerprint density at radius 3 is 2.27 bits per heavy atom. The average molecular weight is 723 g/mol. The van der Waals surface area contributed by atoms with Crippen LogP contribution in [0.15, 0.2) is 107 Å². The molecule has 0 spiro atoms. The molecule has 0 saturated carbocycles. The molecule has 0 aliphatic carbocycles. The van der Waals surface area contributed by atoms with E-state index in [0.29, 0.717) is 28.5 Å². The van der Waals surface area contributed by atoms with E-state index in [0.717, 1.165) is 10.5 Å². The van der Waals surface area contributed by atoms with Crippen molar-refractivity contribution in [1.82, 2.24) is 35.6 Å². The molecule has 6 rings (SSSR count). The molecule has 0 fully saturated rings. The van der Waals surface area contributed by atoms with Crippen molar-refractivity contribution in [2.24, 2.45) is 0 Å². The van der Waals surface area contributed by atoms with E-state index in [2.05, 4.69) is 35.6 Å². The van der Waals surface area contributed by atoms with Crippen LogP contribution in [-0.4, -0.2) is 75.5 Å². The number of tetrazole rings is 1. The number of aromatic amines is 1. The number of ether oxygens (including phenoxy) is 3. The van der Waals surface area contributed by atoms with Crippen LogP contribution in [0.4, 0.5) is 10.6 Å². The summed E-state index contributed by atoms with van der Waals surface area (Å²) in [5.74, 6) is 1.29.